The number of carboxylic acids is 1. The van der Waals surface area contributed by atoms with Crippen LogP contribution >= 0.6 is 0 Å². The number of carbonyl (C=O) groups excluding carboxylic acids is 2. The van der Waals surface area contributed by atoms with Gasteiger partial charge < -0.3 is 15.7 Å². The second kappa shape index (κ2) is 5.87. The number of anilines is 2. The minimum absolute atomic E-state index is 0.000229. The summed E-state index contributed by atoms with van der Waals surface area (Å²) in [6.07, 6.45) is 4.60. The fraction of sp³-hybridized carbons (Fsp3) is 0.353. The highest BCUT2D eigenvalue weighted by molar-refractivity contribution is 5.96. The van der Waals surface area contributed by atoms with Crippen molar-refractivity contribution in [2.75, 3.05) is 10.6 Å². The number of benzene rings is 1. The molecule has 2 aliphatic rings. The van der Waals surface area contributed by atoms with E-state index in [-0.39, 0.29) is 23.7 Å². The van der Waals surface area contributed by atoms with Crippen molar-refractivity contribution in [3.8, 4) is 0 Å². The van der Waals surface area contributed by atoms with Gasteiger partial charge in [0.1, 0.15) is 0 Å². The van der Waals surface area contributed by atoms with Crippen LogP contribution in [-0.4, -0.2) is 22.9 Å². The lowest BCUT2D eigenvalue weighted by molar-refractivity contribution is -0.146. The van der Waals surface area contributed by atoms with Gasteiger partial charge in [0.05, 0.1) is 11.8 Å². The SMILES string of the molecule is CC(=O)Nc1ccc(NC(=O)[C@@H]2[C@@H](C(=O)O)[C@H]3C=C[C@H]2C3)cc1. The molecule has 1 aromatic carbocycles. The minimum Gasteiger partial charge on any atom is -0.481 e. The molecule has 0 aliphatic heterocycles. The minimum atomic E-state index is -0.914. The summed E-state index contributed by atoms with van der Waals surface area (Å²) in [5.74, 6) is -2.57. The van der Waals surface area contributed by atoms with Crippen LogP contribution in [0.4, 0.5) is 11.4 Å². The summed E-state index contributed by atoms with van der Waals surface area (Å²) in [4.78, 5) is 34.9. The molecule has 3 rings (SSSR count). The van der Waals surface area contributed by atoms with Gasteiger partial charge >= 0.3 is 5.97 Å². The molecule has 0 heterocycles. The van der Waals surface area contributed by atoms with E-state index in [0.29, 0.717) is 11.4 Å². The Morgan fingerprint density at radius 1 is 0.957 bits per heavy atom. The van der Waals surface area contributed by atoms with Gasteiger partial charge in [0.15, 0.2) is 0 Å². The summed E-state index contributed by atoms with van der Waals surface area (Å²) in [6, 6.07) is 6.74. The molecule has 4 atom stereocenters. The Labute approximate surface area is 133 Å². The van der Waals surface area contributed by atoms with Crippen LogP contribution < -0.4 is 10.6 Å². The number of allylic oxidation sites excluding steroid dienone is 2. The van der Waals surface area contributed by atoms with Gasteiger partial charge in [-0.05, 0) is 42.5 Å². The summed E-state index contributed by atoms with van der Waals surface area (Å²) in [5, 5.41) is 14.8. The molecular formula is C17H18N2O4. The Bertz CT molecular complexity index is 680. The second-order valence-corrected chi connectivity index (χ2v) is 6.09. The smallest absolute Gasteiger partial charge is 0.307 e. The van der Waals surface area contributed by atoms with Crippen LogP contribution in [0.15, 0.2) is 36.4 Å². The number of carbonyl (C=O) groups is 3. The lowest BCUT2D eigenvalue weighted by atomic mass is 9.82. The highest BCUT2D eigenvalue weighted by Gasteiger charge is 2.51. The van der Waals surface area contributed by atoms with Crippen LogP contribution in [0.2, 0.25) is 0 Å². The maximum Gasteiger partial charge on any atom is 0.307 e. The van der Waals surface area contributed by atoms with Crippen molar-refractivity contribution in [1.82, 2.24) is 0 Å². The summed E-state index contributed by atoms with van der Waals surface area (Å²) < 4.78 is 0. The fourth-order valence-electron chi connectivity index (χ4n) is 3.58. The van der Waals surface area contributed by atoms with E-state index < -0.39 is 17.8 Å². The first-order chi connectivity index (χ1) is 11.0. The average molecular weight is 314 g/mol. The molecule has 0 saturated heterocycles. The molecule has 1 saturated carbocycles. The third-order valence-electron chi connectivity index (χ3n) is 4.52. The van der Waals surface area contributed by atoms with Gasteiger partial charge in [0.2, 0.25) is 11.8 Å². The first kappa shape index (κ1) is 15.3. The maximum atomic E-state index is 12.5. The Hall–Kier alpha value is -2.63. The van der Waals surface area contributed by atoms with Gasteiger partial charge in [0.25, 0.3) is 0 Å². The molecule has 23 heavy (non-hydrogen) atoms. The van der Waals surface area contributed by atoms with E-state index in [9.17, 15) is 19.5 Å². The van der Waals surface area contributed by atoms with Crippen molar-refractivity contribution >= 4 is 29.2 Å². The van der Waals surface area contributed by atoms with Crippen molar-refractivity contribution in [3.63, 3.8) is 0 Å². The molecule has 1 aromatic rings. The molecule has 0 radical (unpaired) electrons. The largest absolute Gasteiger partial charge is 0.481 e. The zero-order valence-corrected chi connectivity index (χ0v) is 12.7. The van der Waals surface area contributed by atoms with Crippen molar-refractivity contribution < 1.29 is 19.5 Å². The van der Waals surface area contributed by atoms with E-state index in [1.807, 2.05) is 12.2 Å². The number of aliphatic carboxylic acids is 1. The standard InChI is InChI=1S/C17H18N2O4/c1-9(20)18-12-4-6-13(7-5-12)19-16(21)14-10-2-3-11(8-10)15(14)17(22)23/h2-7,10-11,14-15H,8H2,1H3,(H,18,20)(H,19,21)(H,22,23)/t10-,11-,14-,15-/m0/s1. The van der Waals surface area contributed by atoms with E-state index >= 15 is 0 Å². The third kappa shape index (κ3) is 2.97. The third-order valence-corrected chi connectivity index (χ3v) is 4.52. The van der Waals surface area contributed by atoms with E-state index in [2.05, 4.69) is 10.6 Å². The van der Waals surface area contributed by atoms with Crippen molar-refractivity contribution in [3.05, 3.63) is 36.4 Å². The predicted octanol–water partition coefficient (Wildman–Crippen LogP) is 2.11. The number of rotatable bonds is 4. The highest BCUT2D eigenvalue weighted by Crippen LogP contribution is 2.48. The number of nitrogens with one attached hydrogen (secondary N) is 2. The summed E-state index contributed by atoms with van der Waals surface area (Å²) in [6.45, 7) is 1.42. The molecule has 2 aliphatic carbocycles. The molecule has 6 nitrogen and oxygen atoms in total. The van der Waals surface area contributed by atoms with Gasteiger partial charge in [-0.15, -0.1) is 0 Å². The lowest BCUT2D eigenvalue weighted by Crippen LogP contribution is -2.36. The van der Waals surface area contributed by atoms with Crippen molar-refractivity contribution in [2.24, 2.45) is 23.7 Å². The Kier molecular flexibility index (Phi) is 3.90. The quantitative estimate of drug-likeness (QED) is 0.742. The Morgan fingerprint density at radius 3 is 2.00 bits per heavy atom. The number of carboxylic acid groups (broad SMARTS) is 1. The second-order valence-electron chi connectivity index (χ2n) is 6.09. The predicted molar refractivity (Wildman–Crippen MR) is 84.7 cm³/mol. The monoisotopic (exact) mass is 314 g/mol. The number of fused-ring (bicyclic) bond motifs is 2. The average Bonchev–Trinajstić information content (AvgIpc) is 3.09. The van der Waals surface area contributed by atoms with Gasteiger partial charge in [0, 0.05) is 18.3 Å². The van der Waals surface area contributed by atoms with Gasteiger partial charge in [-0.25, -0.2) is 0 Å². The molecular weight excluding hydrogens is 296 g/mol. The Morgan fingerprint density at radius 2 is 1.48 bits per heavy atom. The van der Waals surface area contributed by atoms with Crippen LogP contribution in [0.3, 0.4) is 0 Å². The van der Waals surface area contributed by atoms with E-state index in [1.54, 1.807) is 24.3 Å². The highest BCUT2D eigenvalue weighted by atomic mass is 16.4. The van der Waals surface area contributed by atoms with Crippen LogP contribution in [0.1, 0.15) is 13.3 Å². The molecule has 0 aromatic heterocycles. The molecule has 0 unspecified atom stereocenters. The molecule has 3 N–H and O–H groups in total. The number of hydrogen-bond acceptors (Lipinski definition) is 3. The first-order valence-electron chi connectivity index (χ1n) is 7.55. The van der Waals surface area contributed by atoms with E-state index in [1.165, 1.54) is 6.92 Å². The molecule has 6 heteroatoms. The van der Waals surface area contributed by atoms with E-state index in [0.717, 1.165) is 6.42 Å². The Balaban J connectivity index is 1.70. The summed E-state index contributed by atoms with van der Waals surface area (Å²) in [5.41, 5.74) is 1.22. The summed E-state index contributed by atoms with van der Waals surface area (Å²) >= 11 is 0. The van der Waals surface area contributed by atoms with Crippen LogP contribution in [-0.2, 0) is 14.4 Å². The molecule has 0 spiro atoms. The van der Waals surface area contributed by atoms with Gasteiger partial charge in [-0.1, -0.05) is 12.2 Å². The van der Waals surface area contributed by atoms with Crippen LogP contribution in [0.5, 0.6) is 0 Å². The zero-order valence-electron chi connectivity index (χ0n) is 12.7. The van der Waals surface area contributed by atoms with Crippen LogP contribution in [0, 0.1) is 23.7 Å². The molecule has 1 fully saturated rings. The van der Waals surface area contributed by atoms with Crippen molar-refractivity contribution in [1.29, 1.82) is 0 Å². The topological polar surface area (TPSA) is 95.5 Å². The molecule has 120 valence electrons. The van der Waals surface area contributed by atoms with E-state index in [4.69, 9.17) is 0 Å². The lowest BCUT2D eigenvalue weighted by Gasteiger charge is -2.23. The summed E-state index contributed by atoms with van der Waals surface area (Å²) in [7, 11) is 0. The number of amides is 2. The normalized spacial score (nSPS) is 27.7. The molecule has 2 amide bonds. The van der Waals surface area contributed by atoms with Gasteiger partial charge in [-0.3, -0.25) is 14.4 Å². The molecule has 2 bridgehead atoms. The van der Waals surface area contributed by atoms with Gasteiger partial charge in [-0.2, -0.15) is 0 Å². The first-order valence-corrected chi connectivity index (χ1v) is 7.55. The fourth-order valence-corrected chi connectivity index (χ4v) is 3.58. The maximum absolute atomic E-state index is 12.5. The number of hydrogen-bond donors (Lipinski definition) is 3. The zero-order chi connectivity index (χ0) is 16.6. The van der Waals surface area contributed by atoms with Crippen LogP contribution in [0.25, 0.3) is 0 Å². The van der Waals surface area contributed by atoms with Crippen molar-refractivity contribution in [2.45, 2.75) is 13.3 Å².